The van der Waals surface area contributed by atoms with Crippen LogP contribution < -0.4 is 10.6 Å². The predicted octanol–water partition coefficient (Wildman–Crippen LogP) is 3.62. The summed E-state index contributed by atoms with van der Waals surface area (Å²) in [5, 5.41) is 24.6. The maximum atomic E-state index is 13.8. The van der Waals surface area contributed by atoms with E-state index in [1.807, 2.05) is 37.3 Å². The van der Waals surface area contributed by atoms with Gasteiger partial charge in [-0.25, -0.2) is 14.5 Å². The van der Waals surface area contributed by atoms with Crippen molar-refractivity contribution in [2.24, 2.45) is 11.3 Å². The third kappa shape index (κ3) is 6.51. The number of carboxylic acid groups (broad SMARTS) is 1. The van der Waals surface area contributed by atoms with E-state index in [0.29, 0.717) is 35.7 Å². The highest BCUT2D eigenvalue weighted by molar-refractivity contribution is 6.06. The van der Waals surface area contributed by atoms with E-state index in [1.54, 1.807) is 37.8 Å². The molecule has 2 aliphatic carbocycles. The Hall–Kier alpha value is -4.45. The van der Waals surface area contributed by atoms with Crippen LogP contribution in [0.4, 0.5) is 15.3 Å². The Labute approximate surface area is 261 Å². The number of amides is 5. The predicted molar refractivity (Wildman–Crippen MR) is 163 cm³/mol. The quantitative estimate of drug-likeness (QED) is 0.313. The van der Waals surface area contributed by atoms with Gasteiger partial charge in [0.1, 0.15) is 12.6 Å². The second-order valence-corrected chi connectivity index (χ2v) is 13.3. The number of benzene rings is 2. The van der Waals surface area contributed by atoms with Crippen molar-refractivity contribution in [1.29, 1.82) is 0 Å². The molecular weight excluding hydrogens is 580 g/mol. The Morgan fingerprint density at radius 2 is 1.80 bits per heavy atom. The molecular formula is C33H40N4O8. The maximum absolute atomic E-state index is 13.8. The number of imide groups is 1. The van der Waals surface area contributed by atoms with Gasteiger partial charge in [-0.2, -0.15) is 0 Å². The number of fused-ring (bicyclic) bond motifs is 2. The highest BCUT2D eigenvalue weighted by Gasteiger charge is 2.58. The number of rotatable bonds is 10. The summed E-state index contributed by atoms with van der Waals surface area (Å²) in [4.78, 5) is 67.5. The molecule has 1 heterocycles. The average molecular weight is 621 g/mol. The minimum atomic E-state index is -1.57. The molecule has 2 fully saturated rings. The van der Waals surface area contributed by atoms with Crippen molar-refractivity contribution in [3.8, 4) is 0 Å². The zero-order valence-electron chi connectivity index (χ0n) is 25.9. The first-order valence-corrected chi connectivity index (χ1v) is 15.2. The van der Waals surface area contributed by atoms with Gasteiger partial charge in [0.2, 0.25) is 17.4 Å². The lowest BCUT2D eigenvalue weighted by Gasteiger charge is -2.32. The number of carbonyl (C=O) groups is 5. The van der Waals surface area contributed by atoms with Crippen molar-refractivity contribution in [1.82, 2.24) is 15.1 Å². The zero-order valence-corrected chi connectivity index (χ0v) is 25.9. The van der Waals surface area contributed by atoms with E-state index in [0.717, 1.165) is 23.3 Å². The van der Waals surface area contributed by atoms with Crippen LogP contribution in [0.2, 0.25) is 0 Å². The van der Waals surface area contributed by atoms with Gasteiger partial charge in [-0.1, -0.05) is 57.2 Å². The molecule has 12 nitrogen and oxygen atoms in total. The number of hydrogen-bond acceptors (Lipinski definition) is 7. The molecule has 1 saturated carbocycles. The SMILES string of the molecule is C[C@@H](C1CC1)N(Cc1ccccc1)C(=O)CN1C(=O)OC2(CCc3cc(NC(=O)C(NC(=O)O)C(O)C(C)(C)C)ccc32)C1=O. The van der Waals surface area contributed by atoms with Gasteiger partial charge in [-0.3, -0.25) is 14.4 Å². The van der Waals surface area contributed by atoms with Crippen molar-refractivity contribution >= 4 is 35.6 Å². The summed E-state index contributed by atoms with van der Waals surface area (Å²) < 4.78 is 5.72. The summed E-state index contributed by atoms with van der Waals surface area (Å²) in [6.07, 6.45) is -1.05. The molecule has 45 heavy (non-hydrogen) atoms. The van der Waals surface area contributed by atoms with E-state index in [4.69, 9.17) is 4.74 Å². The fourth-order valence-electron chi connectivity index (χ4n) is 6.17. The molecule has 3 aliphatic rings. The molecule has 1 saturated heterocycles. The lowest BCUT2D eigenvalue weighted by molar-refractivity contribution is -0.143. The summed E-state index contributed by atoms with van der Waals surface area (Å²) in [7, 11) is 0. The Morgan fingerprint density at radius 3 is 2.42 bits per heavy atom. The molecule has 3 unspecified atom stereocenters. The molecule has 0 aromatic heterocycles. The first-order chi connectivity index (χ1) is 21.2. The first kappa shape index (κ1) is 32.0. The molecule has 0 radical (unpaired) electrons. The Kier molecular flexibility index (Phi) is 8.63. The van der Waals surface area contributed by atoms with Crippen LogP contribution in [0.15, 0.2) is 48.5 Å². The molecule has 1 spiro atoms. The number of aryl methyl sites for hydroxylation is 1. The first-order valence-electron chi connectivity index (χ1n) is 15.2. The number of nitrogens with one attached hydrogen (secondary N) is 2. The summed E-state index contributed by atoms with van der Waals surface area (Å²) in [5.41, 5.74) is 0.0468. The smallest absolute Gasteiger partial charge is 0.418 e. The van der Waals surface area contributed by atoms with Crippen LogP contribution in [0.1, 0.15) is 63.6 Å². The summed E-state index contributed by atoms with van der Waals surface area (Å²) in [5.74, 6) is -1.30. The van der Waals surface area contributed by atoms with Gasteiger partial charge in [0.05, 0.1) is 6.10 Å². The Bertz CT molecular complexity index is 1500. The van der Waals surface area contributed by atoms with Crippen molar-refractivity contribution in [3.05, 3.63) is 65.2 Å². The standard InChI is InChI=1S/C33H40N4O8/c1-19(21-10-11-21)36(17-20-8-6-5-7-9-20)25(38)18-37-29(41)33(45-31(37)44)15-14-22-16-23(12-13-24(22)33)34-28(40)26(35-30(42)43)27(39)32(2,3)4/h5-9,12-13,16,19,21,26-27,35,39H,10-11,14-15,17-18H2,1-4H3,(H,34,40)(H,42,43)/t19-,26?,27?,33?/m0/s1. The number of hydrogen-bond donors (Lipinski definition) is 4. The molecule has 5 rings (SSSR count). The number of aliphatic hydroxyl groups is 1. The van der Waals surface area contributed by atoms with Crippen molar-refractivity contribution in [2.45, 2.75) is 83.7 Å². The lowest BCUT2D eigenvalue weighted by atomic mass is 9.84. The fraction of sp³-hybridized carbons (Fsp3) is 0.485. The fourth-order valence-corrected chi connectivity index (χ4v) is 6.17. The number of aliphatic hydroxyl groups excluding tert-OH is 1. The van der Waals surface area contributed by atoms with Crippen LogP contribution in [-0.2, 0) is 37.7 Å². The zero-order chi connectivity index (χ0) is 32.7. The van der Waals surface area contributed by atoms with E-state index in [1.165, 1.54) is 6.07 Å². The molecule has 0 bridgehead atoms. The van der Waals surface area contributed by atoms with Crippen LogP contribution in [0.3, 0.4) is 0 Å². The topological polar surface area (TPSA) is 166 Å². The van der Waals surface area contributed by atoms with Gasteiger partial charge in [0.25, 0.3) is 5.91 Å². The molecule has 2 aromatic rings. The minimum absolute atomic E-state index is 0.0453. The summed E-state index contributed by atoms with van der Waals surface area (Å²) >= 11 is 0. The Morgan fingerprint density at radius 1 is 1.11 bits per heavy atom. The van der Waals surface area contributed by atoms with E-state index in [9.17, 15) is 34.2 Å². The van der Waals surface area contributed by atoms with E-state index in [2.05, 4.69) is 10.6 Å². The van der Waals surface area contributed by atoms with Gasteiger partial charge in [0.15, 0.2) is 0 Å². The van der Waals surface area contributed by atoms with E-state index in [-0.39, 0.29) is 18.4 Å². The second kappa shape index (κ2) is 12.2. The third-order valence-corrected chi connectivity index (χ3v) is 9.00. The lowest BCUT2D eigenvalue weighted by Crippen LogP contribution is -2.54. The molecule has 5 amide bonds. The molecule has 12 heteroatoms. The van der Waals surface area contributed by atoms with Crippen LogP contribution in [0, 0.1) is 11.3 Å². The number of nitrogens with zero attached hydrogens (tertiary/aromatic N) is 2. The van der Waals surface area contributed by atoms with Crippen LogP contribution in [0.5, 0.6) is 0 Å². The second-order valence-electron chi connectivity index (χ2n) is 13.3. The van der Waals surface area contributed by atoms with Gasteiger partial charge < -0.3 is 30.5 Å². The van der Waals surface area contributed by atoms with Gasteiger partial charge in [0, 0.05) is 30.3 Å². The molecule has 4 N–H and O–H groups in total. The monoisotopic (exact) mass is 620 g/mol. The number of carbonyl (C=O) groups excluding carboxylic acids is 4. The van der Waals surface area contributed by atoms with Crippen molar-refractivity contribution in [3.63, 3.8) is 0 Å². The molecule has 240 valence electrons. The van der Waals surface area contributed by atoms with Crippen molar-refractivity contribution < 1.29 is 38.9 Å². The maximum Gasteiger partial charge on any atom is 0.418 e. The van der Waals surface area contributed by atoms with Gasteiger partial charge in [-0.05, 0) is 60.8 Å². The van der Waals surface area contributed by atoms with Gasteiger partial charge in [-0.15, -0.1) is 0 Å². The summed E-state index contributed by atoms with van der Waals surface area (Å²) in [6, 6.07) is 12.9. The number of ether oxygens (including phenoxy) is 1. The minimum Gasteiger partial charge on any atom is -0.465 e. The Balaban J connectivity index is 1.31. The molecule has 4 atom stereocenters. The van der Waals surface area contributed by atoms with Crippen LogP contribution in [-0.4, -0.2) is 74.7 Å². The highest BCUT2D eigenvalue weighted by Crippen LogP contribution is 2.46. The van der Waals surface area contributed by atoms with Crippen LogP contribution in [0.25, 0.3) is 0 Å². The summed E-state index contributed by atoms with van der Waals surface area (Å²) in [6.45, 7) is 6.98. The largest absolute Gasteiger partial charge is 0.465 e. The average Bonchev–Trinajstić information content (AvgIpc) is 3.74. The normalized spacial score (nSPS) is 21.1. The number of anilines is 1. The van der Waals surface area contributed by atoms with E-state index >= 15 is 0 Å². The molecule has 1 aliphatic heterocycles. The van der Waals surface area contributed by atoms with E-state index < -0.39 is 53.7 Å². The highest BCUT2D eigenvalue weighted by atomic mass is 16.6. The van der Waals surface area contributed by atoms with Gasteiger partial charge >= 0.3 is 12.2 Å². The van der Waals surface area contributed by atoms with Crippen LogP contribution >= 0.6 is 0 Å². The molecule has 2 aromatic carbocycles. The third-order valence-electron chi connectivity index (χ3n) is 9.00. The van der Waals surface area contributed by atoms with Crippen molar-refractivity contribution in [2.75, 3.05) is 11.9 Å².